The van der Waals surface area contributed by atoms with Gasteiger partial charge in [-0.2, -0.15) is 0 Å². The van der Waals surface area contributed by atoms with Crippen molar-refractivity contribution in [3.8, 4) is 11.5 Å². The highest BCUT2D eigenvalue weighted by molar-refractivity contribution is 6.55. The van der Waals surface area contributed by atoms with Crippen molar-refractivity contribution in [1.29, 1.82) is 0 Å². The van der Waals surface area contributed by atoms with Crippen LogP contribution in [-0.4, -0.2) is 19.8 Å². The molecular formula is C21H31Cl2NO3. The van der Waals surface area contributed by atoms with Gasteiger partial charge >= 0.3 is 0 Å². The molecule has 0 spiro atoms. The maximum absolute atomic E-state index is 6.03. The van der Waals surface area contributed by atoms with Crippen molar-refractivity contribution in [2.45, 2.75) is 53.9 Å². The summed E-state index contributed by atoms with van der Waals surface area (Å²) in [7, 11) is 0. The molecule has 0 aliphatic carbocycles. The molecule has 0 aliphatic rings. The summed E-state index contributed by atoms with van der Waals surface area (Å²) in [5, 5.41) is 0. The van der Waals surface area contributed by atoms with Crippen LogP contribution < -0.4 is 15.0 Å². The van der Waals surface area contributed by atoms with Crippen LogP contribution in [0.1, 0.15) is 51.7 Å². The quantitative estimate of drug-likeness (QED) is 0.323. The Bertz CT molecular complexity index is 649. The summed E-state index contributed by atoms with van der Waals surface area (Å²) in [4.78, 5) is 5.44. The topological polar surface area (TPSA) is 39.7 Å². The lowest BCUT2D eigenvalue weighted by Gasteiger charge is -2.16. The zero-order valence-corrected chi connectivity index (χ0v) is 18.5. The Morgan fingerprint density at radius 2 is 1.78 bits per heavy atom. The van der Waals surface area contributed by atoms with Gasteiger partial charge in [0.05, 0.1) is 13.2 Å². The number of rotatable bonds is 12. The summed E-state index contributed by atoms with van der Waals surface area (Å²) in [5.74, 6) is 1.73. The normalized spacial score (nSPS) is 10.3. The van der Waals surface area contributed by atoms with Gasteiger partial charge in [0.25, 0.3) is 0 Å². The van der Waals surface area contributed by atoms with Crippen LogP contribution in [0.2, 0.25) is 0 Å². The van der Waals surface area contributed by atoms with Crippen LogP contribution in [0.25, 0.3) is 0 Å². The summed E-state index contributed by atoms with van der Waals surface area (Å²) in [6.07, 6.45) is 4.34. The minimum atomic E-state index is 0.206. The van der Waals surface area contributed by atoms with E-state index in [9.17, 15) is 0 Å². The van der Waals surface area contributed by atoms with Crippen LogP contribution >= 0.6 is 23.2 Å². The number of hydrogen-bond acceptors (Lipinski definition) is 4. The van der Waals surface area contributed by atoms with Gasteiger partial charge < -0.3 is 9.47 Å². The average molecular weight is 416 g/mol. The monoisotopic (exact) mass is 415 g/mol. The van der Waals surface area contributed by atoms with E-state index in [0.29, 0.717) is 19.8 Å². The number of hydroxylamine groups is 1. The number of ether oxygens (including phenoxy) is 2. The summed E-state index contributed by atoms with van der Waals surface area (Å²) >= 11 is 11.2. The van der Waals surface area contributed by atoms with Crippen molar-refractivity contribution in [3.05, 3.63) is 45.1 Å². The van der Waals surface area contributed by atoms with E-state index in [1.165, 1.54) is 5.57 Å². The van der Waals surface area contributed by atoms with Crippen LogP contribution in [0.5, 0.6) is 11.5 Å². The molecule has 0 saturated heterocycles. The van der Waals surface area contributed by atoms with Crippen LogP contribution in [0, 0.1) is 6.92 Å². The van der Waals surface area contributed by atoms with Gasteiger partial charge in [0, 0.05) is 5.70 Å². The molecule has 27 heavy (non-hydrogen) atoms. The molecule has 152 valence electrons. The second-order valence-corrected chi connectivity index (χ2v) is 7.53. The molecule has 0 unspecified atom stereocenters. The lowest BCUT2D eigenvalue weighted by atomic mass is 10.1. The van der Waals surface area contributed by atoms with E-state index in [2.05, 4.69) is 12.4 Å². The molecule has 0 amide bonds. The highest BCUT2D eigenvalue weighted by Gasteiger charge is 2.09. The molecule has 0 atom stereocenters. The summed E-state index contributed by atoms with van der Waals surface area (Å²) in [5.41, 5.74) is 7.41. The highest BCUT2D eigenvalue weighted by atomic mass is 35.5. The average Bonchev–Trinajstić information content (AvgIpc) is 2.61. The third-order valence-electron chi connectivity index (χ3n) is 4.06. The van der Waals surface area contributed by atoms with Gasteiger partial charge in [0.15, 0.2) is 0 Å². The van der Waals surface area contributed by atoms with Crippen molar-refractivity contribution in [3.63, 3.8) is 0 Å². The molecule has 0 aromatic heterocycles. The standard InChI is InChI=1S/C21H31Cl2NO3/c1-6-18-14-19(25-12-9-20(22)23)13-16(4)21(18)26-10-7-8-11-27-24-17(5)15(2)3/h9,13-14,24H,6-8,10-12H2,1-5H3. The SMILES string of the molecule is CCc1cc(OCC=C(Cl)Cl)cc(C)c1OCCCCONC(C)=C(C)C. The Morgan fingerprint density at radius 1 is 1.07 bits per heavy atom. The van der Waals surface area contributed by atoms with Crippen molar-refractivity contribution in [1.82, 2.24) is 5.48 Å². The first-order valence-corrected chi connectivity index (χ1v) is 10.0. The van der Waals surface area contributed by atoms with Gasteiger partial charge in [-0.15, -0.1) is 0 Å². The first-order valence-electron chi connectivity index (χ1n) is 9.27. The number of benzene rings is 1. The van der Waals surface area contributed by atoms with Crippen molar-refractivity contribution in [2.24, 2.45) is 0 Å². The maximum atomic E-state index is 6.03. The van der Waals surface area contributed by atoms with E-state index >= 15 is 0 Å². The number of unbranched alkanes of at least 4 members (excludes halogenated alkanes) is 1. The smallest absolute Gasteiger partial charge is 0.125 e. The molecule has 1 rings (SSSR count). The lowest BCUT2D eigenvalue weighted by Crippen LogP contribution is -2.14. The molecule has 0 aliphatic heterocycles. The molecule has 1 aromatic carbocycles. The summed E-state index contributed by atoms with van der Waals surface area (Å²) in [6.45, 7) is 11.9. The van der Waals surface area contributed by atoms with Crippen molar-refractivity contribution >= 4 is 23.2 Å². The third-order valence-corrected chi connectivity index (χ3v) is 4.36. The summed E-state index contributed by atoms with van der Waals surface area (Å²) < 4.78 is 11.9. The van der Waals surface area contributed by atoms with Crippen LogP contribution in [0.3, 0.4) is 0 Å². The fourth-order valence-electron chi connectivity index (χ4n) is 2.28. The van der Waals surface area contributed by atoms with Gasteiger partial charge in [-0.1, -0.05) is 35.7 Å². The Labute approximate surface area is 173 Å². The second-order valence-electron chi connectivity index (χ2n) is 6.52. The Balaban J connectivity index is 2.46. The fourth-order valence-corrected chi connectivity index (χ4v) is 2.40. The first kappa shape index (κ1) is 23.7. The van der Waals surface area contributed by atoms with E-state index in [0.717, 1.165) is 47.6 Å². The van der Waals surface area contributed by atoms with Crippen molar-refractivity contribution in [2.75, 3.05) is 19.8 Å². The number of hydrogen-bond donors (Lipinski definition) is 1. The van der Waals surface area contributed by atoms with Crippen molar-refractivity contribution < 1.29 is 14.3 Å². The molecular weight excluding hydrogens is 385 g/mol. The Morgan fingerprint density at radius 3 is 2.41 bits per heavy atom. The van der Waals surface area contributed by atoms with Gasteiger partial charge in [-0.3, -0.25) is 10.3 Å². The van der Waals surface area contributed by atoms with Crippen LogP contribution in [-0.2, 0) is 11.3 Å². The molecule has 0 heterocycles. The molecule has 0 bridgehead atoms. The van der Waals surface area contributed by atoms with Gasteiger partial charge in [-0.05, 0) is 76.3 Å². The van der Waals surface area contributed by atoms with Gasteiger partial charge in [0.1, 0.15) is 22.6 Å². The van der Waals surface area contributed by atoms with Crippen LogP contribution in [0.4, 0.5) is 0 Å². The predicted molar refractivity (Wildman–Crippen MR) is 114 cm³/mol. The minimum Gasteiger partial charge on any atom is -0.493 e. The first-order chi connectivity index (χ1) is 12.8. The second kappa shape index (κ2) is 12.9. The molecule has 4 nitrogen and oxygen atoms in total. The van der Waals surface area contributed by atoms with E-state index < -0.39 is 0 Å². The van der Waals surface area contributed by atoms with Crippen LogP contribution in [0.15, 0.2) is 34.0 Å². The van der Waals surface area contributed by atoms with E-state index in [1.807, 2.05) is 39.8 Å². The zero-order valence-electron chi connectivity index (χ0n) is 17.0. The Kier molecular flexibility index (Phi) is 11.3. The Hall–Kier alpha value is -1.36. The predicted octanol–water partition coefficient (Wildman–Crippen LogP) is 6.25. The lowest BCUT2D eigenvalue weighted by molar-refractivity contribution is 0.0575. The number of nitrogens with one attached hydrogen (secondary N) is 1. The maximum Gasteiger partial charge on any atom is 0.125 e. The molecule has 0 fully saturated rings. The van der Waals surface area contributed by atoms with Gasteiger partial charge in [0.2, 0.25) is 0 Å². The largest absolute Gasteiger partial charge is 0.493 e. The minimum absolute atomic E-state index is 0.206. The fraction of sp³-hybridized carbons (Fsp3) is 0.524. The molecule has 0 radical (unpaired) electrons. The van der Waals surface area contributed by atoms with E-state index in [4.69, 9.17) is 37.5 Å². The van der Waals surface area contributed by atoms with Gasteiger partial charge in [-0.25, -0.2) is 0 Å². The molecule has 1 aromatic rings. The molecule has 1 N–H and O–H groups in total. The number of aryl methyl sites for hydroxylation is 2. The molecule has 0 saturated carbocycles. The van der Waals surface area contributed by atoms with E-state index in [-0.39, 0.29) is 4.49 Å². The number of allylic oxidation sites excluding steroid dienone is 2. The van der Waals surface area contributed by atoms with E-state index in [1.54, 1.807) is 6.08 Å². The molecule has 6 heteroatoms. The zero-order chi connectivity index (χ0) is 20.2. The highest BCUT2D eigenvalue weighted by Crippen LogP contribution is 2.30. The third kappa shape index (κ3) is 9.41. The summed E-state index contributed by atoms with van der Waals surface area (Å²) in [6, 6.07) is 3.98. The number of halogens is 2.